The smallest absolute Gasteiger partial charge is 0.122 e. The van der Waals surface area contributed by atoms with E-state index in [1.807, 2.05) is 0 Å². The summed E-state index contributed by atoms with van der Waals surface area (Å²) < 4.78 is 5.45. The second-order valence-corrected chi connectivity index (χ2v) is 7.03. The predicted octanol–water partition coefficient (Wildman–Crippen LogP) is 4.44. The van der Waals surface area contributed by atoms with Crippen LogP contribution in [0.2, 0.25) is 0 Å². The first kappa shape index (κ1) is 16.4. The SMILES string of the molecule is COc1cc(C)c(C2CCCC2CNCC(C)C)cc1C. The monoisotopic (exact) mass is 289 g/mol. The third-order valence-electron chi connectivity index (χ3n) is 4.80. The highest BCUT2D eigenvalue weighted by Crippen LogP contribution is 2.41. The average molecular weight is 289 g/mol. The fraction of sp³-hybridized carbons (Fsp3) is 0.684. The first-order chi connectivity index (χ1) is 10.0. The van der Waals surface area contributed by atoms with Crippen LogP contribution in [-0.4, -0.2) is 20.2 Å². The van der Waals surface area contributed by atoms with E-state index in [0.717, 1.165) is 30.7 Å². The molecule has 1 N–H and O–H groups in total. The lowest BCUT2D eigenvalue weighted by Gasteiger charge is -2.24. The van der Waals surface area contributed by atoms with E-state index < -0.39 is 0 Å². The Bertz CT molecular complexity index is 467. The number of hydrogen-bond donors (Lipinski definition) is 1. The van der Waals surface area contributed by atoms with Gasteiger partial charge in [-0.3, -0.25) is 0 Å². The van der Waals surface area contributed by atoms with Gasteiger partial charge in [0.15, 0.2) is 0 Å². The Morgan fingerprint density at radius 2 is 1.95 bits per heavy atom. The Balaban J connectivity index is 2.10. The van der Waals surface area contributed by atoms with Crippen molar-refractivity contribution >= 4 is 0 Å². The summed E-state index contributed by atoms with van der Waals surface area (Å²) in [6, 6.07) is 4.57. The third kappa shape index (κ3) is 4.00. The summed E-state index contributed by atoms with van der Waals surface area (Å²) in [5, 5.41) is 3.66. The van der Waals surface area contributed by atoms with Gasteiger partial charge in [0.05, 0.1) is 7.11 Å². The van der Waals surface area contributed by atoms with Crippen LogP contribution in [0.3, 0.4) is 0 Å². The average Bonchev–Trinajstić information content (AvgIpc) is 2.88. The molecule has 2 atom stereocenters. The van der Waals surface area contributed by atoms with Crippen molar-refractivity contribution in [2.45, 2.75) is 52.9 Å². The van der Waals surface area contributed by atoms with Crippen LogP contribution in [0.15, 0.2) is 12.1 Å². The molecule has 0 spiro atoms. The fourth-order valence-corrected chi connectivity index (χ4v) is 3.68. The minimum atomic E-state index is 0.717. The molecule has 2 nitrogen and oxygen atoms in total. The van der Waals surface area contributed by atoms with Crippen LogP contribution in [0.4, 0.5) is 0 Å². The van der Waals surface area contributed by atoms with Crippen molar-refractivity contribution in [3.8, 4) is 5.75 Å². The molecule has 1 saturated carbocycles. The summed E-state index contributed by atoms with van der Waals surface area (Å²) in [6.07, 6.45) is 4.06. The van der Waals surface area contributed by atoms with Gasteiger partial charge in [-0.15, -0.1) is 0 Å². The molecule has 118 valence electrons. The van der Waals surface area contributed by atoms with Crippen molar-refractivity contribution < 1.29 is 4.74 Å². The van der Waals surface area contributed by atoms with Gasteiger partial charge in [-0.05, 0) is 80.3 Å². The lowest BCUT2D eigenvalue weighted by molar-refractivity contribution is 0.408. The van der Waals surface area contributed by atoms with E-state index in [1.165, 1.54) is 30.4 Å². The number of hydrogen-bond acceptors (Lipinski definition) is 2. The maximum atomic E-state index is 5.45. The topological polar surface area (TPSA) is 21.3 Å². The van der Waals surface area contributed by atoms with Crippen LogP contribution in [0.25, 0.3) is 0 Å². The van der Waals surface area contributed by atoms with Gasteiger partial charge < -0.3 is 10.1 Å². The number of nitrogens with one attached hydrogen (secondary N) is 1. The van der Waals surface area contributed by atoms with Crippen LogP contribution in [-0.2, 0) is 0 Å². The van der Waals surface area contributed by atoms with E-state index in [-0.39, 0.29) is 0 Å². The lowest BCUT2D eigenvalue weighted by Crippen LogP contribution is -2.27. The second kappa shape index (κ2) is 7.31. The van der Waals surface area contributed by atoms with Crippen LogP contribution >= 0.6 is 0 Å². The van der Waals surface area contributed by atoms with Crippen LogP contribution in [0.1, 0.15) is 55.7 Å². The molecule has 0 heterocycles. The molecular weight excluding hydrogens is 258 g/mol. The molecule has 21 heavy (non-hydrogen) atoms. The van der Waals surface area contributed by atoms with Gasteiger partial charge in [0, 0.05) is 0 Å². The molecule has 1 aliphatic rings. The van der Waals surface area contributed by atoms with Crippen molar-refractivity contribution in [3.63, 3.8) is 0 Å². The van der Waals surface area contributed by atoms with Gasteiger partial charge >= 0.3 is 0 Å². The Morgan fingerprint density at radius 1 is 1.19 bits per heavy atom. The highest BCUT2D eigenvalue weighted by molar-refractivity contribution is 5.43. The first-order valence-corrected chi connectivity index (χ1v) is 8.38. The van der Waals surface area contributed by atoms with Crippen molar-refractivity contribution in [2.24, 2.45) is 11.8 Å². The molecule has 1 aromatic carbocycles. The second-order valence-electron chi connectivity index (χ2n) is 7.03. The minimum absolute atomic E-state index is 0.717. The zero-order chi connectivity index (χ0) is 15.4. The van der Waals surface area contributed by atoms with E-state index in [0.29, 0.717) is 5.92 Å². The molecular formula is C19H31NO. The molecule has 1 fully saturated rings. The minimum Gasteiger partial charge on any atom is -0.496 e. The quantitative estimate of drug-likeness (QED) is 0.836. The van der Waals surface area contributed by atoms with Gasteiger partial charge in [-0.25, -0.2) is 0 Å². The molecule has 0 saturated heterocycles. The molecule has 0 radical (unpaired) electrons. The van der Waals surface area contributed by atoms with Gasteiger partial charge in [0.25, 0.3) is 0 Å². The van der Waals surface area contributed by atoms with Crippen LogP contribution in [0.5, 0.6) is 5.75 Å². The molecule has 0 aliphatic heterocycles. The van der Waals surface area contributed by atoms with E-state index in [2.05, 4.69) is 45.1 Å². The van der Waals surface area contributed by atoms with Gasteiger partial charge in [-0.2, -0.15) is 0 Å². The summed E-state index contributed by atoms with van der Waals surface area (Å²) in [5.41, 5.74) is 4.19. The van der Waals surface area contributed by atoms with Crippen molar-refractivity contribution in [1.29, 1.82) is 0 Å². The van der Waals surface area contributed by atoms with E-state index in [4.69, 9.17) is 4.74 Å². The Kier molecular flexibility index (Phi) is 5.69. The van der Waals surface area contributed by atoms with E-state index >= 15 is 0 Å². The zero-order valence-electron chi connectivity index (χ0n) is 14.3. The number of benzene rings is 1. The molecule has 0 amide bonds. The van der Waals surface area contributed by atoms with Gasteiger partial charge in [-0.1, -0.05) is 26.3 Å². The highest BCUT2D eigenvalue weighted by Gasteiger charge is 2.29. The summed E-state index contributed by atoms with van der Waals surface area (Å²) in [5.74, 6) is 3.25. The largest absolute Gasteiger partial charge is 0.496 e. The van der Waals surface area contributed by atoms with Crippen molar-refractivity contribution in [3.05, 3.63) is 28.8 Å². The third-order valence-corrected chi connectivity index (χ3v) is 4.80. The molecule has 0 aromatic heterocycles. The maximum absolute atomic E-state index is 5.45. The zero-order valence-corrected chi connectivity index (χ0v) is 14.3. The summed E-state index contributed by atoms with van der Waals surface area (Å²) in [6.45, 7) is 11.2. The Labute approximate surface area is 130 Å². The molecule has 1 aliphatic carbocycles. The number of rotatable bonds is 6. The van der Waals surface area contributed by atoms with E-state index in [9.17, 15) is 0 Å². The Hall–Kier alpha value is -1.02. The van der Waals surface area contributed by atoms with Crippen LogP contribution < -0.4 is 10.1 Å². The lowest BCUT2D eigenvalue weighted by atomic mass is 9.85. The number of ether oxygens (including phenoxy) is 1. The van der Waals surface area contributed by atoms with Gasteiger partial charge in [0.1, 0.15) is 5.75 Å². The molecule has 0 bridgehead atoms. The maximum Gasteiger partial charge on any atom is 0.122 e. The number of methoxy groups -OCH3 is 1. The van der Waals surface area contributed by atoms with Gasteiger partial charge in [0.2, 0.25) is 0 Å². The highest BCUT2D eigenvalue weighted by atomic mass is 16.5. The van der Waals surface area contributed by atoms with Crippen molar-refractivity contribution in [1.82, 2.24) is 5.32 Å². The molecule has 2 unspecified atom stereocenters. The summed E-state index contributed by atoms with van der Waals surface area (Å²) >= 11 is 0. The van der Waals surface area contributed by atoms with E-state index in [1.54, 1.807) is 12.7 Å². The molecule has 1 aromatic rings. The fourth-order valence-electron chi connectivity index (χ4n) is 3.68. The Morgan fingerprint density at radius 3 is 2.62 bits per heavy atom. The summed E-state index contributed by atoms with van der Waals surface area (Å²) in [7, 11) is 1.76. The first-order valence-electron chi connectivity index (χ1n) is 8.38. The van der Waals surface area contributed by atoms with Crippen LogP contribution in [0, 0.1) is 25.7 Å². The summed E-state index contributed by atoms with van der Waals surface area (Å²) in [4.78, 5) is 0. The molecule has 2 rings (SSSR count). The normalized spacial score (nSPS) is 22.0. The predicted molar refractivity (Wildman–Crippen MR) is 90.3 cm³/mol. The standard InChI is InChI=1S/C19H31NO/c1-13(2)11-20-12-16-7-6-8-17(16)18-9-15(4)19(21-5)10-14(18)3/h9-10,13,16-17,20H,6-8,11-12H2,1-5H3. The molecule has 2 heteroatoms. The van der Waals surface area contributed by atoms with Crippen molar-refractivity contribution in [2.75, 3.05) is 20.2 Å². The number of aryl methyl sites for hydroxylation is 2.